The smallest absolute Gasteiger partial charge is 0.236 e. The van der Waals surface area contributed by atoms with Crippen molar-refractivity contribution in [2.75, 3.05) is 6.54 Å². The lowest BCUT2D eigenvalue weighted by Gasteiger charge is -2.21. The van der Waals surface area contributed by atoms with Crippen molar-refractivity contribution in [3.8, 4) is 0 Å². The van der Waals surface area contributed by atoms with Gasteiger partial charge in [0, 0.05) is 23.2 Å². The van der Waals surface area contributed by atoms with Crippen LogP contribution in [0.1, 0.15) is 32.3 Å². The first-order valence-electron chi connectivity index (χ1n) is 7.76. The third-order valence-electron chi connectivity index (χ3n) is 3.95. The number of carbonyl (C=O) groups excluding carboxylic acids is 3. The lowest BCUT2D eigenvalue weighted by atomic mass is 9.85. The van der Waals surface area contributed by atoms with E-state index in [-0.39, 0.29) is 37.0 Å². The predicted octanol–water partition coefficient (Wildman–Crippen LogP) is 2.35. The molecular formula is C17H22BrFN2O3. The lowest BCUT2D eigenvalue weighted by molar-refractivity contribution is -0.132. The van der Waals surface area contributed by atoms with Crippen molar-refractivity contribution in [3.05, 3.63) is 34.1 Å². The summed E-state index contributed by atoms with van der Waals surface area (Å²) in [6, 6.07) is 4.51. The van der Waals surface area contributed by atoms with E-state index in [1.165, 1.54) is 6.07 Å². The third kappa shape index (κ3) is 6.39. The molecule has 0 radical (unpaired) electrons. The van der Waals surface area contributed by atoms with Crippen LogP contribution in [0.3, 0.4) is 0 Å². The van der Waals surface area contributed by atoms with Crippen LogP contribution < -0.4 is 11.1 Å². The van der Waals surface area contributed by atoms with Crippen molar-refractivity contribution in [1.29, 1.82) is 0 Å². The van der Waals surface area contributed by atoms with Gasteiger partial charge in [0.1, 0.15) is 11.6 Å². The van der Waals surface area contributed by atoms with E-state index in [1.807, 2.05) is 13.8 Å². The van der Waals surface area contributed by atoms with Crippen molar-refractivity contribution in [3.63, 3.8) is 0 Å². The fraction of sp³-hybridized carbons (Fsp3) is 0.471. The molecule has 24 heavy (non-hydrogen) atoms. The van der Waals surface area contributed by atoms with Crippen molar-refractivity contribution >= 4 is 33.5 Å². The summed E-state index contributed by atoms with van der Waals surface area (Å²) in [5.74, 6) is -2.33. The number of benzene rings is 1. The van der Waals surface area contributed by atoms with Crippen LogP contribution in [-0.4, -0.2) is 24.1 Å². The van der Waals surface area contributed by atoms with Gasteiger partial charge in [-0.15, -0.1) is 0 Å². The van der Waals surface area contributed by atoms with Gasteiger partial charge in [-0.25, -0.2) is 4.39 Å². The van der Waals surface area contributed by atoms with Crippen molar-refractivity contribution in [2.45, 2.75) is 33.1 Å². The van der Waals surface area contributed by atoms with E-state index in [2.05, 4.69) is 21.2 Å². The second kappa shape index (κ2) is 9.52. The van der Waals surface area contributed by atoms with E-state index >= 15 is 0 Å². The number of hydrogen-bond donors (Lipinski definition) is 2. The number of hydrogen-bond acceptors (Lipinski definition) is 3. The molecule has 2 amide bonds. The molecule has 0 aliphatic carbocycles. The molecule has 1 rings (SSSR count). The summed E-state index contributed by atoms with van der Waals surface area (Å²) in [4.78, 5) is 35.3. The third-order valence-corrected chi connectivity index (χ3v) is 4.45. The zero-order valence-electron chi connectivity index (χ0n) is 13.8. The van der Waals surface area contributed by atoms with Gasteiger partial charge in [-0.05, 0) is 23.6 Å². The molecule has 7 heteroatoms. The second-order valence-corrected chi connectivity index (χ2v) is 6.75. The maximum atomic E-state index is 13.8. The topological polar surface area (TPSA) is 89.3 Å². The predicted molar refractivity (Wildman–Crippen MR) is 92.6 cm³/mol. The number of nitrogens with two attached hydrogens (primary N) is 1. The lowest BCUT2D eigenvalue weighted by Crippen LogP contribution is -2.40. The highest BCUT2D eigenvalue weighted by Gasteiger charge is 2.27. The number of halogens is 2. The number of amides is 2. The summed E-state index contributed by atoms with van der Waals surface area (Å²) in [7, 11) is 0. The molecule has 0 aliphatic rings. The van der Waals surface area contributed by atoms with Gasteiger partial charge in [0.05, 0.1) is 6.54 Å². The Labute approximate surface area is 149 Å². The van der Waals surface area contributed by atoms with Crippen molar-refractivity contribution < 1.29 is 18.8 Å². The second-order valence-electron chi connectivity index (χ2n) is 5.83. The minimum absolute atomic E-state index is 0.00486. The summed E-state index contributed by atoms with van der Waals surface area (Å²) >= 11 is 3.16. The Morgan fingerprint density at radius 2 is 2.00 bits per heavy atom. The first-order valence-corrected chi connectivity index (χ1v) is 8.55. The number of rotatable bonds is 9. The van der Waals surface area contributed by atoms with Crippen LogP contribution in [0.2, 0.25) is 0 Å². The van der Waals surface area contributed by atoms with Gasteiger partial charge >= 0.3 is 0 Å². The zero-order chi connectivity index (χ0) is 18.3. The number of carbonyl (C=O) groups is 3. The molecule has 0 heterocycles. The molecule has 0 unspecified atom stereocenters. The quantitative estimate of drug-likeness (QED) is 0.666. The van der Waals surface area contributed by atoms with Crippen LogP contribution in [0.5, 0.6) is 0 Å². The molecule has 0 fully saturated rings. The van der Waals surface area contributed by atoms with Crippen LogP contribution >= 0.6 is 15.9 Å². The first kappa shape index (κ1) is 20.3. The largest absolute Gasteiger partial charge is 0.368 e. The fourth-order valence-corrected chi connectivity index (χ4v) is 2.67. The molecule has 0 aliphatic heterocycles. The Hall–Kier alpha value is -1.76. The van der Waals surface area contributed by atoms with Crippen LogP contribution in [0, 0.1) is 17.7 Å². The van der Waals surface area contributed by atoms with Gasteiger partial charge in [-0.1, -0.05) is 42.3 Å². The summed E-state index contributed by atoms with van der Waals surface area (Å²) < 4.78 is 14.4. The Morgan fingerprint density at radius 1 is 1.33 bits per heavy atom. The first-order chi connectivity index (χ1) is 11.2. The minimum atomic E-state index is -0.644. The molecular weight excluding hydrogens is 379 g/mol. The average molecular weight is 401 g/mol. The Bertz CT molecular complexity index is 622. The van der Waals surface area contributed by atoms with E-state index in [9.17, 15) is 18.8 Å². The van der Waals surface area contributed by atoms with Crippen molar-refractivity contribution in [1.82, 2.24) is 5.32 Å². The standard InChI is InChI=1S/C17H22BrFN2O3/c1-3-10(2)14(17(24)21-9-16(20)23)8-13(22)6-11-4-5-12(18)7-15(11)19/h4-5,7,10,14H,3,6,8-9H2,1-2H3,(H2,20,23)(H,21,24)/t10-,14-/m0/s1. The normalized spacial score (nSPS) is 13.2. The average Bonchev–Trinajstić information content (AvgIpc) is 2.52. The maximum Gasteiger partial charge on any atom is 0.236 e. The highest BCUT2D eigenvalue weighted by Crippen LogP contribution is 2.22. The molecule has 0 spiro atoms. The summed E-state index contributed by atoms with van der Waals surface area (Å²) in [6.07, 6.45) is 0.624. The zero-order valence-corrected chi connectivity index (χ0v) is 15.4. The van der Waals surface area contributed by atoms with Crippen LogP contribution in [-0.2, 0) is 20.8 Å². The number of ketones is 1. The highest BCUT2D eigenvalue weighted by atomic mass is 79.9. The number of Topliss-reactive ketones (excluding diaryl/α,β-unsaturated/α-hetero) is 1. The molecule has 1 aromatic rings. The van der Waals surface area contributed by atoms with Gasteiger partial charge in [-0.2, -0.15) is 0 Å². The van der Waals surface area contributed by atoms with E-state index in [0.29, 0.717) is 16.5 Å². The molecule has 0 bridgehead atoms. The van der Waals surface area contributed by atoms with Crippen LogP contribution in [0.15, 0.2) is 22.7 Å². The molecule has 2 atom stereocenters. The van der Waals surface area contributed by atoms with Gasteiger partial charge in [0.25, 0.3) is 0 Å². The van der Waals surface area contributed by atoms with E-state index < -0.39 is 17.6 Å². The molecule has 132 valence electrons. The molecule has 1 aromatic carbocycles. The van der Waals surface area contributed by atoms with Gasteiger partial charge in [-0.3, -0.25) is 14.4 Å². The summed E-state index contributed by atoms with van der Waals surface area (Å²) in [5.41, 5.74) is 5.31. The summed E-state index contributed by atoms with van der Waals surface area (Å²) in [6.45, 7) is 3.52. The fourth-order valence-electron chi connectivity index (χ4n) is 2.34. The Kier molecular flexibility index (Phi) is 8.04. The minimum Gasteiger partial charge on any atom is -0.368 e. The van der Waals surface area contributed by atoms with Gasteiger partial charge < -0.3 is 11.1 Å². The van der Waals surface area contributed by atoms with Crippen LogP contribution in [0.4, 0.5) is 4.39 Å². The molecule has 5 nitrogen and oxygen atoms in total. The molecule has 0 saturated heterocycles. The summed E-state index contributed by atoms with van der Waals surface area (Å²) in [5, 5.41) is 2.44. The Morgan fingerprint density at radius 3 is 2.54 bits per heavy atom. The van der Waals surface area contributed by atoms with E-state index in [4.69, 9.17) is 5.73 Å². The SMILES string of the molecule is CC[C@H](C)[C@H](CC(=O)Cc1ccc(Br)cc1F)C(=O)NCC(N)=O. The maximum absolute atomic E-state index is 13.8. The monoisotopic (exact) mass is 400 g/mol. The number of primary amides is 1. The van der Waals surface area contributed by atoms with Gasteiger partial charge in [0.2, 0.25) is 11.8 Å². The highest BCUT2D eigenvalue weighted by molar-refractivity contribution is 9.10. The van der Waals surface area contributed by atoms with Gasteiger partial charge in [0.15, 0.2) is 0 Å². The number of nitrogens with one attached hydrogen (secondary N) is 1. The van der Waals surface area contributed by atoms with Crippen molar-refractivity contribution in [2.24, 2.45) is 17.6 Å². The molecule has 0 saturated carbocycles. The van der Waals surface area contributed by atoms with E-state index in [0.717, 1.165) is 0 Å². The molecule has 0 aromatic heterocycles. The van der Waals surface area contributed by atoms with Crippen LogP contribution in [0.25, 0.3) is 0 Å². The Balaban J connectivity index is 2.76. The molecule has 3 N–H and O–H groups in total. The van der Waals surface area contributed by atoms with E-state index in [1.54, 1.807) is 12.1 Å².